The number of hydrogen-bond acceptors (Lipinski definition) is 0. The lowest BCUT2D eigenvalue weighted by molar-refractivity contribution is 0.0961. The first kappa shape index (κ1) is 22.3. The van der Waals surface area contributed by atoms with Crippen LogP contribution < -0.4 is 0 Å². The summed E-state index contributed by atoms with van der Waals surface area (Å²) < 4.78 is 0. The molecule has 0 aromatic rings. The third kappa shape index (κ3) is 9.27. The molecule has 0 amide bonds. The van der Waals surface area contributed by atoms with Crippen molar-refractivity contribution in [1.82, 2.24) is 0 Å². The van der Waals surface area contributed by atoms with Gasteiger partial charge in [0.2, 0.25) is 0 Å². The van der Waals surface area contributed by atoms with E-state index in [1.165, 1.54) is 103 Å². The highest BCUT2D eigenvalue weighted by Gasteiger charge is 2.34. The third-order valence-corrected chi connectivity index (χ3v) is 7.65. The van der Waals surface area contributed by atoms with Crippen molar-refractivity contribution in [3.8, 4) is 0 Å². The molecule has 154 valence electrons. The predicted molar refractivity (Wildman–Crippen MR) is 118 cm³/mol. The average Bonchev–Trinajstić information content (AvgIpc) is 2.68. The Bertz CT molecular complexity index is 305. The first-order valence-electron chi connectivity index (χ1n) is 12.9. The fourth-order valence-electron chi connectivity index (χ4n) is 6.03. The van der Waals surface area contributed by atoms with Crippen LogP contribution in [0.5, 0.6) is 0 Å². The van der Waals surface area contributed by atoms with Crippen molar-refractivity contribution in [2.45, 2.75) is 148 Å². The van der Waals surface area contributed by atoms with E-state index in [4.69, 9.17) is 0 Å². The van der Waals surface area contributed by atoms with E-state index in [9.17, 15) is 0 Å². The zero-order valence-corrected chi connectivity index (χ0v) is 18.3. The summed E-state index contributed by atoms with van der Waals surface area (Å²) in [5.41, 5.74) is 0. The molecule has 2 rings (SSSR count). The number of unbranched alkanes of at least 4 members (excludes halogenated alkanes) is 13. The Kier molecular flexibility index (Phi) is 12.8. The van der Waals surface area contributed by atoms with E-state index in [2.05, 4.69) is 6.92 Å². The minimum Gasteiger partial charge on any atom is -0.0654 e. The van der Waals surface area contributed by atoms with Crippen molar-refractivity contribution in [2.24, 2.45) is 17.8 Å². The molecule has 0 heteroatoms. The quantitative estimate of drug-likeness (QED) is 0.254. The van der Waals surface area contributed by atoms with Crippen molar-refractivity contribution < 1.29 is 0 Å². The Labute approximate surface area is 166 Å². The van der Waals surface area contributed by atoms with Gasteiger partial charge in [-0.15, -0.1) is 0 Å². The topological polar surface area (TPSA) is 0 Å². The van der Waals surface area contributed by atoms with Crippen molar-refractivity contribution in [2.75, 3.05) is 0 Å². The van der Waals surface area contributed by atoms with Crippen LogP contribution in [0.25, 0.3) is 0 Å². The number of rotatable bonds is 15. The van der Waals surface area contributed by atoms with Crippen LogP contribution in [0.4, 0.5) is 0 Å². The first-order valence-corrected chi connectivity index (χ1v) is 12.9. The SMILES string of the molecule is CCCCCCCCCCCCCCCCC1CCCC2CCCCC12. The van der Waals surface area contributed by atoms with Crippen molar-refractivity contribution in [3.05, 3.63) is 0 Å². The maximum absolute atomic E-state index is 2.31. The van der Waals surface area contributed by atoms with Crippen LogP contribution in [0.3, 0.4) is 0 Å². The summed E-state index contributed by atoms with van der Waals surface area (Å²) in [6, 6.07) is 0. The number of fused-ring (bicyclic) bond motifs is 1. The summed E-state index contributed by atoms with van der Waals surface area (Å²) in [7, 11) is 0. The summed E-state index contributed by atoms with van der Waals surface area (Å²) in [4.78, 5) is 0. The Morgan fingerprint density at radius 1 is 0.500 bits per heavy atom. The van der Waals surface area contributed by atoms with E-state index >= 15 is 0 Å². The van der Waals surface area contributed by atoms with Crippen molar-refractivity contribution in [3.63, 3.8) is 0 Å². The maximum atomic E-state index is 2.31. The second-order valence-corrected chi connectivity index (χ2v) is 9.78. The molecule has 0 heterocycles. The highest BCUT2D eigenvalue weighted by atomic mass is 14.4. The lowest BCUT2D eigenvalue weighted by atomic mass is 9.64. The van der Waals surface area contributed by atoms with Gasteiger partial charge in [0.1, 0.15) is 0 Å². The standard InChI is InChI=1S/C26H50/c1-2-3-4-5-6-7-8-9-10-11-12-13-14-15-19-24-21-18-22-25-20-16-17-23-26(24)25/h24-26H,2-23H2,1H3. The monoisotopic (exact) mass is 362 g/mol. The second kappa shape index (κ2) is 15.0. The van der Waals surface area contributed by atoms with Gasteiger partial charge in [-0.3, -0.25) is 0 Å². The van der Waals surface area contributed by atoms with Crippen molar-refractivity contribution >= 4 is 0 Å². The third-order valence-electron chi connectivity index (χ3n) is 7.65. The van der Waals surface area contributed by atoms with Gasteiger partial charge < -0.3 is 0 Å². The Balaban J connectivity index is 1.34. The molecule has 0 bridgehead atoms. The van der Waals surface area contributed by atoms with E-state index in [0.29, 0.717) is 0 Å². The van der Waals surface area contributed by atoms with Gasteiger partial charge in [0, 0.05) is 0 Å². The molecule has 2 fully saturated rings. The molecule has 3 unspecified atom stereocenters. The highest BCUT2D eigenvalue weighted by molar-refractivity contribution is 4.85. The molecule has 0 saturated heterocycles. The van der Waals surface area contributed by atoms with Gasteiger partial charge in [-0.1, -0.05) is 142 Å². The normalized spacial score (nSPS) is 26.0. The molecule has 0 aromatic carbocycles. The molecule has 0 radical (unpaired) electrons. The van der Waals surface area contributed by atoms with Crippen LogP contribution in [0.15, 0.2) is 0 Å². The zero-order valence-electron chi connectivity index (χ0n) is 18.3. The van der Waals surface area contributed by atoms with Gasteiger partial charge in [0.15, 0.2) is 0 Å². The fourth-order valence-corrected chi connectivity index (χ4v) is 6.03. The van der Waals surface area contributed by atoms with Gasteiger partial charge >= 0.3 is 0 Å². The van der Waals surface area contributed by atoms with E-state index in [1.807, 2.05) is 0 Å². The van der Waals surface area contributed by atoms with Crippen LogP contribution >= 0.6 is 0 Å². The van der Waals surface area contributed by atoms with Gasteiger partial charge in [0.25, 0.3) is 0 Å². The van der Waals surface area contributed by atoms with Crippen LogP contribution in [-0.2, 0) is 0 Å². The summed E-state index contributed by atoms with van der Waals surface area (Å²) in [6.07, 6.45) is 33.3. The molecule has 2 aliphatic rings. The van der Waals surface area contributed by atoms with Crippen LogP contribution in [-0.4, -0.2) is 0 Å². The van der Waals surface area contributed by atoms with Gasteiger partial charge in [-0.05, 0) is 24.2 Å². The molecule has 0 nitrogen and oxygen atoms in total. The summed E-state index contributed by atoms with van der Waals surface area (Å²) in [5.74, 6) is 3.39. The second-order valence-electron chi connectivity index (χ2n) is 9.78. The first-order chi connectivity index (χ1) is 12.9. The van der Waals surface area contributed by atoms with Gasteiger partial charge in [0.05, 0.1) is 0 Å². The molecule has 0 N–H and O–H groups in total. The van der Waals surface area contributed by atoms with E-state index in [1.54, 1.807) is 38.5 Å². The number of hydrogen-bond donors (Lipinski definition) is 0. The minimum atomic E-state index is 1.12. The Morgan fingerprint density at radius 3 is 1.62 bits per heavy atom. The maximum Gasteiger partial charge on any atom is -0.0357 e. The minimum absolute atomic E-state index is 1.12. The van der Waals surface area contributed by atoms with E-state index in [0.717, 1.165) is 17.8 Å². The Hall–Kier alpha value is 0. The molecule has 0 aromatic heterocycles. The summed E-state index contributed by atoms with van der Waals surface area (Å²) in [6.45, 7) is 2.31. The Morgan fingerprint density at radius 2 is 1.00 bits per heavy atom. The van der Waals surface area contributed by atoms with E-state index in [-0.39, 0.29) is 0 Å². The van der Waals surface area contributed by atoms with Crippen LogP contribution in [0.2, 0.25) is 0 Å². The van der Waals surface area contributed by atoms with E-state index < -0.39 is 0 Å². The largest absolute Gasteiger partial charge is 0.0654 e. The van der Waals surface area contributed by atoms with Crippen LogP contribution in [0, 0.1) is 17.8 Å². The fraction of sp³-hybridized carbons (Fsp3) is 1.00. The summed E-state index contributed by atoms with van der Waals surface area (Å²) in [5, 5.41) is 0. The lowest BCUT2D eigenvalue weighted by Crippen LogP contribution is -2.30. The molecular weight excluding hydrogens is 312 g/mol. The zero-order chi connectivity index (χ0) is 18.3. The van der Waals surface area contributed by atoms with Gasteiger partial charge in [-0.2, -0.15) is 0 Å². The molecule has 0 aliphatic heterocycles. The summed E-state index contributed by atoms with van der Waals surface area (Å²) >= 11 is 0. The molecular formula is C26H50. The van der Waals surface area contributed by atoms with Crippen LogP contribution in [0.1, 0.15) is 148 Å². The highest BCUT2D eigenvalue weighted by Crippen LogP contribution is 2.45. The molecule has 2 aliphatic carbocycles. The van der Waals surface area contributed by atoms with Gasteiger partial charge in [-0.25, -0.2) is 0 Å². The predicted octanol–water partition coefficient (Wildman–Crippen LogP) is 9.46. The lowest BCUT2D eigenvalue weighted by Gasteiger charge is -2.41. The molecule has 3 atom stereocenters. The van der Waals surface area contributed by atoms with Crippen molar-refractivity contribution in [1.29, 1.82) is 0 Å². The molecule has 2 saturated carbocycles. The molecule has 26 heavy (non-hydrogen) atoms. The average molecular weight is 363 g/mol. The smallest absolute Gasteiger partial charge is 0.0357 e. The molecule has 0 spiro atoms.